The minimum atomic E-state index is -0.757. The number of hydrogen-bond donors (Lipinski definition) is 2. The van der Waals surface area contributed by atoms with Crippen LogP contribution in [-0.4, -0.2) is 51.7 Å². The summed E-state index contributed by atoms with van der Waals surface area (Å²) in [6.45, 7) is 1.54. The molecule has 0 atom stereocenters. The molecule has 126 valence electrons. The number of rotatable bonds is 8. The molecule has 2 amide bonds. The van der Waals surface area contributed by atoms with Crippen molar-refractivity contribution in [1.82, 2.24) is 10.6 Å². The molecule has 8 nitrogen and oxygen atoms in total. The van der Waals surface area contributed by atoms with Crippen molar-refractivity contribution in [3.63, 3.8) is 0 Å². The Bertz CT molecular complexity index is 551. The second-order valence-corrected chi connectivity index (χ2v) is 4.34. The largest absolute Gasteiger partial charge is 0.496 e. The summed E-state index contributed by atoms with van der Waals surface area (Å²) in [4.78, 5) is 34.9. The highest BCUT2D eigenvalue weighted by Crippen LogP contribution is 2.28. The second kappa shape index (κ2) is 9.29. The highest BCUT2D eigenvalue weighted by Gasteiger charge is 2.20. The van der Waals surface area contributed by atoms with Crippen molar-refractivity contribution in [2.24, 2.45) is 0 Å². The minimum absolute atomic E-state index is 0.0917. The number of ether oxygens (including phenoxy) is 3. The van der Waals surface area contributed by atoms with Crippen LogP contribution in [0.25, 0.3) is 0 Å². The zero-order valence-corrected chi connectivity index (χ0v) is 13.3. The lowest BCUT2D eigenvalue weighted by Crippen LogP contribution is -2.38. The van der Waals surface area contributed by atoms with Crippen molar-refractivity contribution in [2.75, 3.05) is 33.9 Å². The summed E-state index contributed by atoms with van der Waals surface area (Å²) in [5, 5.41) is 4.87. The van der Waals surface area contributed by atoms with E-state index in [0.717, 1.165) is 0 Å². The fraction of sp³-hybridized carbons (Fsp3) is 0.400. The molecule has 0 aliphatic heterocycles. The highest BCUT2D eigenvalue weighted by atomic mass is 16.5. The molecule has 2 N–H and O–H groups in total. The van der Waals surface area contributed by atoms with Crippen LogP contribution >= 0.6 is 0 Å². The van der Waals surface area contributed by atoms with Crippen molar-refractivity contribution >= 4 is 17.8 Å². The summed E-state index contributed by atoms with van der Waals surface area (Å²) in [7, 11) is 2.81. The van der Waals surface area contributed by atoms with Gasteiger partial charge in [0, 0.05) is 6.54 Å². The number of hydrogen-bond acceptors (Lipinski definition) is 6. The van der Waals surface area contributed by atoms with Crippen LogP contribution in [-0.2, 0) is 14.3 Å². The molecule has 0 heterocycles. The van der Waals surface area contributed by atoms with Crippen molar-refractivity contribution in [3.05, 3.63) is 23.8 Å². The summed E-state index contributed by atoms with van der Waals surface area (Å²) >= 11 is 0. The molecular weight excluding hydrogens is 304 g/mol. The molecular formula is C15H20N2O6. The van der Waals surface area contributed by atoms with Gasteiger partial charge in [0.25, 0.3) is 5.91 Å². The molecule has 23 heavy (non-hydrogen) atoms. The number of carbonyl (C=O) groups is 3. The average molecular weight is 324 g/mol. The quantitative estimate of drug-likeness (QED) is 0.658. The maximum absolute atomic E-state index is 12.1. The van der Waals surface area contributed by atoms with Gasteiger partial charge < -0.3 is 24.8 Å². The maximum Gasteiger partial charge on any atom is 0.346 e. The molecule has 0 unspecified atom stereocenters. The van der Waals surface area contributed by atoms with Crippen LogP contribution in [0.3, 0.4) is 0 Å². The summed E-state index contributed by atoms with van der Waals surface area (Å²) in [5.41, 5.74) is 0.0917. The monoisotopic (exact) mass is 324 g/mol. The molecule has 8 heteroatoms. The fourth-order valence-electron chi connectivity index (χ4n) is 1.75. The molecule has 0 bridgehead atoms. The van der Waals surface area contributed by atoms with Crippen LogP contribution in [0.15, 0.2) is 18.2 Å². The van der Waals surface area contributed by atoms with E-state index < -0.39 is 18.5 Å². The predicted octanol–water partition coefficient (Wildman–Crippen LogP) is 0.113. The molecule has 1 aromatic rings. The normalized spacial score (nSPS) is 9.70. The highest BCUT2D eigenvalue weighted by molar-refractivity contribution is 5.97. The van der Waals surface area contributed by atoms with Gasteiger partial charge in [0.15, 0.2) is 6.61 Å². The molecule has 1 aromatic carbocycles. The topological polar surface area (TPSA) is 103 Å². The van der Waals surface area contributed by atoms with E-state index in [4.69, 9.17) is 14.2 Å². The van der Waals surface area contributed by atoms with Crippen LogP contribution in [0.2, 0.25) is 0 Å². The molecule has 0 fully saturated rings. The summed E-state index contributed by atoms with van der Waals surface area (Å²) in [6.07, 6.45) is 0. The molecule has 0 aromatic heterocycles. The summed E-state index contributed by atoms with van der Waals surface area (Å²) in [6, 6.07) is 4.82. The van der Waals surface area contributed by atoms with Gasteiger partial charge >= 0.3 is 5.97 Å². The van der Waals surface area contributed by atoms with E-state index in [1.807, 2.05) is 0 Å². The van der Waals surface area contributed by atoms with E-state index in [1.54, 1.807) is 25.1 Å². The van der Waals surface area contributed by atoms with Crippen molar-refractivity contribution < 1.29 is 28.6 Å². The van der Waals surface area contributed by atoms with Gasteiger partial charge in [-0.3, -0.25) is 9.59 Å². The Kier molecular flexibility index (Phi) is 7.38. The number of benzene rings is 1. The Labute approximate surface area is 134 Å². The van der Waals surface area contributed by atoms with Crippen molar-refractivity contribution in [1.29, 1.82) is 0 Å². The number of methoxy groups -OCH3 is 2. The van der Waals surface area contributed by atoms with Crippen LogP contribution in [0.1, 0.15) is 17.3 Å². The molecule has 0 spiro atoms. The third kappa shape index (κ3) is 5.50. The SMILES string of the molecule is CCNC(=O)CNC(=O)COC(=O)c1c(OC)cccc1OC. The van der Waals surface area contributed by atoms with Gasteiger partial charge in [0.05, 0.1) is 20.8 Å². The third-order valence-corrected chi connectivity index (χ3v) is 2.79. The van der Waals surface area contributed by atoms with Crippen LogP contribution in [0, 0.1) is 0 Å². The number of nitrogens with one attached hydrogen (secondary N) is 2. The standard InChI is InChI=1S/C15H20N2O6/c1-4-16-12(18)8-17-13(19)9-23-15(20)14-10(21-2)6-5-7-11(14)22-3/h5-7H,4,8-9H2,1-3H3,(H,16,18)(H,17,19). The molecule has 0 saturated heterocycles. The zero-order chi connectivity index (χ0) is 17.2. The van der Waals surface area contributed by atoms with E-state index in [-0.39, 0.29) is 29.5 Å². The molecule has 0 saturated carbocycles. The first-order valence-corrected chi connectivity index (χ1v) is 6.95. The lowest BCUT2D eigenvalue weighted by atomic mass is 10.2. The number of likely N-dealkylation sites (N-methyl/N-ethyl adjacent to an activating group) is 1. The number of carbonyl (C=O) groups excluding carboxylic acids is 3. The van der Waals surface area contributed by atoms with Crippen molar-refractivity contribution in [2.45, 2.75) is 6.92 Å². The van der Waals surface area contributed by atoms with Gasteiger partial charge in [-0.05, 0) is 19.1 Å². The Morgan fingerprint density at radius 3 is 2.13 bits per heavy atom. The smallest absolute Gasteiger partial charge is 0.346 e. The average Bonchev–Trinajstić information content (AvgIpc) is 2.57. The van der Waals surface area contributed by atoms with Gasteiger partial charge in [-0.25, -0.2) is 4.79 Å². The van der Waals surface area contributed by atoms with Crippen molar-refractivity contribution in [3.8, 4) is 11.5 Å². The number of amides is 2. The Hall–Kier alpha value is -2.77. The van der Waals surface area contributed by atoms with E-state index in [0.29, 0.717) is 6.54 Å². The second-order valence-electron chi connectivity index (χ2n) is 4.34. The first kappa shape index (κ1) is 18.3. The minimum Gasteiger partial charge on any atom is -0.496 e. The van der Waals surface area contributed by atoms with Crippen LogP contribution in [0.4, 0.5) is 0 Å². The van der Waals surface area contributed by atoms with Gasteiger partial charge in [-0.15, -0.1) is 0 Å². The van der Waals surface area contributed by atoms with Gasteiger partial charge in [0.1, 0.15) is 17.1 Å². The van der Waals surface area contributed by atoms with E-state index in [9.17, 15) is 14.4 Å². The van der Waals surface area contributed by atoms with Crippen LogP contribution < -0.4 is 20.1 Å². The van der Waals surface area contributed by atoms with E-state index >= 15 is 0 Å². The van der Waals surface area contributed by atoms with Crippen LogP contribution in [0.5, 0.6) is 11.5 Å². The molecule has 0 radical (unpaired) electrons. The summed E-state index contributed by atoms with van der Waals surface area (Å²) in [5.74, 6) is -1.11. The first-order chi connectivity index (χ1) is 11.0. The summed E-state index contributed by atoms with van der Waals surface area (Å²) < 4.78 is 15.1. The Morgan fingerprint density at radius 2 is 1.61 bits per heavy atom. The van der Waals surface area contributed by atoms with E-state index in [2.05, 4.69) is 10.6 Å². The third-order valence-electron chi connectivity index (χ3n) is 2.79. The number of esters is 1. The predicted molar refractivity (Wildman–Crippen MR) is 81.5 cm³/mol. The zero-order valence-electron chi connectivity index (χ0n) is 13.3. The van der Waals surface area contributed by atoms with Gasteiger partial charge in [0.2, 0.25) is 5.91 Å². The molecule has 1 rings (SSSR count). The van der Waals surface area contributed by atoms with Gasteiger partial charge in [-0.1, -0.05) is 6.07 Å². The fourth-order valence-corrected chi connectivity index (χ4v) is 1.75. The Morgan fingerprint density at radius 1 is 1.00 bits per heavy atom. The molecule has 0 aliphatic rings. The lowest BCUT2D eigenvalue weighted by molar-refractivity contribution is -0.127. The maximum atomic E-state index is 12.1. The lowest BCUT2D eigenvalue weighted by Gasteiger charge is -2.12. The molecule has 0 aliphatic carbocycles. The Balaban J connectivity index is 2.60. The first-order valence-electron chi connectivity index (χ1n) is 6.95. The van der Waals surface area contributed by atoms with E-state index in [1.165, 1.54) is 14.2 Å². The van der Waals surface area contributed by atoms with Gasteiger partial charge in [-0.2, -0.15) is 0 Å².